The fourth-order valence-corrected chi connectivity index (χ4v) is 4.30. The number of hydrogen-bond acceptors (Lipinski definition) is 4. The smallest absolute Gasteiger partial charge is 0.136 e. The summed E-state index contributed by atoms with van der Waals surface area (Å²) in [7, 11) is 4.10. The highest BCUT2D eigenvalue weighted by atomic mass is 35.5. The molecule has 134 valence electrons. The molecule has 0 fully saturated rings. The second kappa shape index (κ2) is 7.41. The van der Waals surface area contributed by atoms with E-state index in [1.807, 2.05) is 50.5 Å². The summed E-state index contributed by atoms with van der Waals surface area (Å²) in [4.78, 5) is 4.50. The van der Waals surface area contributed by atoms with E-state index in [2.05, 4.69) is 17.0 Å². The van der Waals surface area contributed by atoms with Crippen molar-refractivity contribution >= 4 is 22.9 Å². The van der Waals surface area contributed by atoms with Gasteiger partial charge in [0, 0.05) is 38.0 Å². The minimum Gasteiger partial charge on any atom is -0.456 e. The largest absolute Gasteiger partial charge is 0.456 e. The van der Waals surface area contributed by atoms with Gasteiger partial charge in [-0.3, -0.25) is 0 Å². The third-order valence-corrected chi connectivity index (χ3v) is 5.67. The number of halogens is 1. The zero-order valence-corrected chi connectivity index (χ0v) is 16.4. The third kappa shape index (κ3) is 3.51. The Hall–Kier alpha value is -1.85. The highest BCUT2D eigenvalue weighted by Crippen LogP contribution is 2.50. The van der Waals surface area contributed by atoms with Crippen LogP contribution >= 0.6 is 22.9 Å². The van der Waals surface area contributed by atoms with Crippen molar-refractivity contribution in [2.45, 2.75) is 6.61 Å². The lowest BCUT2D eigenvalue weighted by Gasteiger charge is -2.10. The molecule has 0 amide bonds. The summed E-state index contributed by atoms with van der Waals surface area (Å²) in [6.07, 6.45) is 0. The van der Waals surface area contributed by atoms with Gasteiger partial charge >= 0.3 is 0 Å². The van der Waals surface area contributed by atoms with Crippen LogP contribution < -0.4 is 4.74 Å². The lowest BCUT2D eigenvalue weighted by atomic mass is 10.0. The molecule has 0 spiro atoms. The molecule has 0 radical (unpaired) electrons. The van der Waals surface area contributed by atoms with Crippen LogP contribution in [0, 0.1) is 0 Å². The molecule has 1 aliphatic rings. The van der Waals surface area contributed by atoms with Crippen LogP contribution in [0.4, 0.5) is 0 Å². The molecule has 0 atom stereocenters. The topological polar surface area (TPSA) is 21.7 Å². The average molecular weight is 386 g/mol. The lowest BCUT2D eigenvalue weighted by Crippen LogP contribution is -2.17. The Morgan fingerprint density at radius 3 is 2.65 bits per heavy atom. The SMILES string of the molecule is CN(C)CCOCc1cc2c(s1)-c1cc(Cl)ccc1Oc1ccccc1-2. The van der Waals surface area contributed by atoms with E-state index in [9.17, 15) is 0 Å². The Labute approximate surface area is 162 Å². The number of fused-ring (bicyclic) bond motifs is 5. The van der Waals surface area contributed by atoms with Crippen LogP contribution in [-0.2, 0) is 11.3 Å². The van der Waals surface area contributed by atoms with Gasteiger partial charge in [0.15, 0.2) is 0 Å². The average Bonchev–Trinajstić information content (AvgIpc) is 2.99. The number of likely N-dealkylation sites (N-methyl/N-ethyl adjacent to an activating group) is 1. The molecule has 0 unspecified atom stereocenters. The fraction of sp³-hybridized carbons (Fsp3) is 0.238. The first-order valence-electron chi connectivity index (χ1n) is 8.54. The molecule has 2 heterocycles. The van der Waals surface area contributed by atoms with E-state index in [0.29, 0.717) is 11.6 Å². The molecule has 1 aliphatic heterocycles. The number of nitrogens with zero attached hydrogens (tertiary/aromatic N) is 1. The summed E-state index contributed by atoms with van der Waals surface area (Å²) in [6, 6.07) is 16.2. The predicted molar refractivity (Wildman–Crippen MR) is 108 cm³/mol. The molecule has 2 aromatic carbocycles. The maximum atomic E-state index is 6.27. The van der Waals surface area contributed by atoms with Gasteiger partial charge in [-0.2, -0.15) is 0 Å². The van der Waals surface area contributed by atoms with Gasteiger partial charge in [0.2, 0.25) is 0 Å². The Kier molecular flexibility index (Phi) is 5.00. The Balaban J connectivity index is 1.73. The highest BCUT2D eigenvalue weighted by Gasteiger charge is 2.23. The molecular formula is C21H20ClNO2S. The summed E-state index contributed by atoms with van der Waals surface area (Å²) in [5.41, 5.74) is 3.32. The molecule has 0 bridgehead atoms. The minimum absolute atomic E-state index is 0.616. The highest BCUT2D eigenvalue weighted by molar-refractivity contribution is 7.16. The van der Waals surface area contributed by atoms with Crippen molar-refractivity contribution in [1.29, 1.82) is 0 Å². The van der Waals surface area contributed by atoms with Crippen LogP contribution in [0.25, 0.3) is 21.6 Å². The molecule has 0 aliphatic carbocycles. The summed E-state index contributed by atoms with van der Waals surface area (Å²) >= 11 is 8.01. The van der Waals surface area contributed by atoms with Crippen LogP contribution in [0.3, 0.4) is 0 Å². The van der Waals surface area contributed by atoms with Gasteiger partial charge in [-0.25, -0.2) is 0 Å². The van der Waals surface area contributed by atoms with E-state index in [-0.39, 0.29) is 0 Å². The van der Waals surface area contributed by atoms with Crippen LogP contribution in [0.5, 0.6) is 11.5 Å². The zero-order chi connectivity index (χ0) is 18.1. The van der Waals surface area contributed by atoms with Crippen molar-refractivity contribution in [3.8, 4) is 33.1 Å². The lowest BCUT2D eigenvalue weighted by molar-refractivity contribution is 0.107. The molecule has 0 saturated carbocycles. The number of hydrogen-bond donors (Lipinski definition) is 0. The molecule has 3 nitrogen and oxygen atoms in total. The monoisotopic (exact) mass is 385 g/mol. The van der Waals surface area contributed by atoms with E-state index in [0.717, 1.165) is 35.8 Å². The third-order valence-electron chi connectivity index (χ3n) is 4.29. The molecule has 0 N–H and O–H groups in total. The van der Waals surface area contributed by atoms with E-state index >= 15 is 0 Å². The molecule has 1 aromatic heterocycles. The Morgan fingerprint density at radius 1 is 1.00 bits per heavy atom. The van der Waals surface area contributed by atoms with Crippen molar-refractivity contribution in [2.24, 2.45) is 0 Å². The van der Waals surface area contributed by atoms with Gasteiger partial charge < -0.3 is 14.4 Å². The Morgan fingerprint density at radius 2 is 1.81 bits per heavy atom. The second-order valence-corrected chi connectivity index (χ2v) is 8.12. The Bertz CT molecular complexity index is 936. The van der Waals surface area contributed by atoms with Crippen LogP contribution in [0.1, 0.15) is 4.88 Å². The number of para-hydroxylation sites is 1. The molecule has 26 heavy (non-hydrogen) atoms. The number of thiophene rings is 1. The maximum absolute atomic E-state index is 6.27. The molecule has 5 heteroatoms. The normalized spacial score (nSPS) is 12.2. The van der Waals surface area contributed by atoms with Crippen molar-refractivity contribution < 1.29 is 9.47 Å². The molecule has 4 rings (SSSR count). The van der Waals surface area contributed by atoms with Gasteiger partial charge in [-0.1, -0.05) is 29.8 Å². The zero-order valence-electron chi connectivity index (χ0n) is 14.8. The summed E-state index contributed by atoms with van der Waals surface area (Å²) in [5.74, 6) is 1.70. The van der Waals surface area contributed by atoms with Crippen LogP contribution in [-0.4, -0.2) is 32.1 Å². The first kappa shape index (κ1) is 17.6. The first-order valence-corrected chi connectivity index (χ1v) is 9.73. The number of rotatable bonds is 5. The molecule has 3 aromatic rings. The van der Waals surface area contributed by atoms with E-state index in [1.54, 1.807) is 11.3 Å². The fourth-order valence-electron chi connectivity index (χ4n) is 3.00. The maximum Gasteiger partial charge on any atom is 0.136 e. The van der Waals surface area contributed by atoms with Crippen molar-refractivity contribution in [1.82, 2.24) is 4.90 Å². The van der Waals surface area contributed by atoms with Gasteiger partial charge in [-0.05, 0) is 44.4 Å². The van der Waals surface area contributed by atoms with Crippen molar-refractivity contribution in [3.63, 3.8) is 0 Å². The first-order chi connectivity index (χ1) is 12.6. The van der Waals surface area contributed by atoms with Gasteiger partial charge in [0.05, 0.1) is 13.2 Å². The van der Waals surface area contributed by atoms with Gasteiger partial charge in [0.25, 0.3) is 0 Å². The van der Waals surface area contributed by atoms with Crippen molar-refractivity contribution in [3.05, 3.63) is 58.4 Å². The van der Waals surface area contributed by atoms with Crippen molar-refractivity contribution in [2.75, 3.05) is 27.2 Å². The molecular weight excluding hydrogens is 366 g/mol. The van der Waals surface area contributed by atoms with E-state index < -0.39 is 0 Å². The standard InChI is InChI=1S/C21H20ClNO2S/c1-23(2)9-10-24-13-15-12-17-16-5-3-4-6-19(16)25-20-8-7-14(22)11-18(20)21(17)26-15/h3-8,11-12H,9-10,13H2,1-2H3. The predicted octanol–water partition coefficient (Wildman–Crippen LogP) is 5.92. The van der Waals surface area contributed by atoms with E-state index in [4.69, 9.17) is 21.1 Å². The minimum atomic E-state index is 0.616. The quantitative estimate of drug-likeness (QED) is 0.398. The number of benzene rings is 2. The van der Waals surface area contributed by atoms with Crippen LogP contribution in [0.15, 0.2) is 48.5 Å². The summed E-state index contributed by atoms with van der Waals surface area (Å²) in [5, 5.41) is 0.710. The number of ether oxygens (including phenoxy) is 2. The van der Waals surface area contributed by atoms with Crippen LogP contribution in [0.2, 0.25) is 5.02 Å². The summed E-state index contributed by atoms with van der Waals surface area (Å²) in [6.45, 7) is 2.25. The van der Waals surface area contributed by atoms with E-state index in [1.165, 1.54) is 15.3 Å². The molecule has 0 saturated heterocycles. The van der Waals surface area contributed by atoms with Gasteiger partial charge in [-0.15, -0.1) is 11.3 Å². The summed E-state index contributed by atoms with van der Waals surface area (Å²) < 4.78 is 12.0. The van der Waals surface area contributed by atoms with Gasteiger partial charge in [0.1, 0.15) is 11.5 Å². The second-order valence-electron chi connectivity index (χ2n) is 6.55.